The summed E-state index contributed by atoms with van der Waals surface area (Å²) >= 11 is 7.75. The SMILES string of the molecule is CN(Cc1ccco1)C(=O)c1ccc(Cn2c(SCc3ccc(F)cc3Cl)nc3ccncc32)cc1. The number of hydrogen-bond donors (Lipinski definition) is 0. The number of fused-ring (bicyclic) bond motifs is 1. The van der Waals surface area contributed by atoms with Crippen molar-refractivity contribution in [2.75, 3.05) is 7.05 Å². The number of thioether (sulfide) groups is 1. The van der Waals surface area contributed by atoms with Gasteiger partial charge >= 0.3 is 0 Å². The number of amides is 1. The lowest BCUT2D eigenvalue weighted by Gasteiger charge is -2.16. The average molecular weight is 521 g/mol. The van der Waals surface area contributed by atoms with Crippen molar-refractivity contribution in [2.24, 2.45) is 0 Å². The first-order valence-corrected chi connectivity index (χ1v) is 12.6. The fourth-order valence-corrected chi connectivity index (χ4v) is 5.19. The molecule has 3 aromatic heterocycles. The molecule has 3 heterocycles. The van der Waals surface area contributed by atoms with Crippen molar-refractivity contribution in [2.45, 2.75) is 24.0 Å². The van der Waals surface area contributed by atoms with Crippen LogP contribution in [0.3, 0.4) is 0 Å². The first-order valence-electron chi connectivity index (χ1n) is 11.2. The number of carbonyl (C=O) groups is 1. The van der Waals surface area contributed by atoms with Crippen LogP contribution < -0.4 is 0 Å². The maximum Gasteiger partial charge on any atom is 0.254 e. The molecule has 6 nitrogen and oxygen atoms in total. The summed E-state index contributed by atoms with van der Waals surface area (Å²) in [4.78, 5) is 23.5. The van der Waals surface area contributed by atoms with Gasteiger partial charge in [-0.05, 0) is 53.6 Å². The van der Waals surface area contributed by atoms with Crippen molar-refractivity contribution >= 4 is 40.3 Å². The number of benzene rings is 2. The molecule has 1 amide bonds. The minimum absolute atomic E-state index is 0.0809. The number of carbonyl (C=O) groups excluding carboxylic acids is 1. The van der Waals surface area contributed by atoms with Crippen molar-refractivity contribution in [3.05, 3.63) is 113 Å². The zero-order chi connectivity index (χ0) is 25.1. The molecule has 0 radical (unpaired) electrons. The first-order chi connectivity index (χ1) is 17.5. The normalized spacial score (nSPS) is 11.2. The minimum atomic E-state index is -0.360. The van der Waals surface area contributed by atoms with E-state index < -0.39 is 0 Å². The van der Waals surface area contributed by atoms with Gasteiger partial charge in [0.1, 0.15) is 11.6 Å². The van der Waals surface area contributed by atoms with Gasteiger partial charge in [-0.3, -0.25) is 9.78 Å². The van der Waals surface area contributed by atoms with Gasteiger partial charge in [-0.25, -0.2) is 9.37 Å². The Hall–Kier alpha value is -3.62. The highest BCUT2D eigenvalue weighted by Crippen LogP contribution is 2.30. The maximum atomic E-state index is 13.4. The summed E-state index contributed by atoms with van der Waals surface area (Å²) in [6.45, 7) is 0.957. The summed E-state index contributed by atoms with van der Waals surface area (Å²) in [5.41, 5.74) is 4.20. The van der Waals surface area contributed by atoms with E-state index in [9.17, 15) is 9.18 Å². The molecule has 0 fully saturated rings. The molecule has 0 saturated carbocycles. The molecule has 5 rings (SSSR count). The van der Waals surface area contributed by atoms with Crippen molar-refractivity contribution < 1.29 is 13.6 Å². The smallest absolute Gasteiger partial charge is 0.254 e. The molecule has 0 N–H and O–H groups in total. The zero-order valence-electron chi connectivity index (χ0n) is 19.4. The summed E-state index contributed by atoms with van der Waals surface area (Å²) < 4.78 is 20.8. The molecule has 0 saturated heterocycles. The maximum absolute atomic E-state index is 13.4. The van der Waals surface area contributed by atoms with Crippen LogP contribution in [0.1, 0.15) is 27.2 Å². The second kappa shape index (κ2) is 10.6. The quantitative estimate of drug-likeness (QED) is 0.221. The summed E-state index contributed by atoms with van der Waals surface area (Å²) in [6.07, 6.45) is 5.10. The standard InChI is InChI=1S/C27H22ClFN4O2S/c1-32(16-22-3-2-12-35-22)26(34)19-6-4-18(5-7-19)15-33-25-14-30-11-10-24(25)31-27(33)36-17-20-8-9-21(29)13-23(20)28/h2-14H,15-17H2,1H3. The van der Waals surface area contributed by atoms with E-state index in [1.165, 1.54) is 23.9 Å². The molecule has 182 valence electrons. The Kier molecular flexibility index (Phi) is 7.06. The van der Waals surface area contributed by atoms with E-state index in [-0.39, 0.29) is 11.7 Å². The lowest BCUT2D eigenvalue weighted by molar-refractivity contribution is 0.0775. The molecular formula is C27H22ClFN4O2S. The highest BCUT2D eigenvalue weighted by Gasteiger charge is 2.16. The number of pyridine rings is 1. The second-order valence-electron chi connectivity index (χ2n) is 8.31. The topological polar surface area (TPSA) is 64.2 Å². The van der Waals surface area contributed by atoms with Gasteiger partial charge in [0.2, 0.25) is 0 Å². The number of halogens is 2. The predicted octanol–water partition coefficient (Wildman–Crippen LogP) is 6.43. The van der Waals surface area contributed by atoms with Crippen LogP contribution in [0, 0.1) is 5.82 Å². The molecule has 2 aromatic carbocycles. The van der Waals surface area contributed by atoms with Gasteiger partial charge in [0.15, 0.2) is 5.16 Å². The molecule has 0 atom stereocenters. The zero-order valence-corrected chi connectivity index (χ0v) is 21.0. The van der Waals surface area contributed by atoms with Crippen molar-refractivity contribution in [3.63, 3.8) is 0 Å². The molecule has 0 unspecified atom stereocenters. The van der Waals surface area contributed by atoms with Gasteiger partial charge in [-0.15, -0.1) is 0 Å². The number of aromatic nitrogens is 3. The van der Waals surface area contributed by atoms with Crippen LogP contribution in [0.15, 0.2) is 88.9 Å². The lowest BCUT2D eigenvalue weighted by atomic mass is 10.1. The molecule has 0 bridgehead atoms. The fourth-order valence-electron chi connectivity index (χ4n) is 3.86. The van der Waals surface area contributed by atoms with Gasteiger partial charge in [-0.2, -0.15) is 0 Å². The third kappa shape index (κ3) is 5.29. The van der Waals surface area contributed by atoms with Gasteiger partial charge in [0.05, 0.1) is 36.6 Å². The predicted molar refractivity (Wildman–Crippen MR) is 139 cm³/mol. The first kappa shape index (κ1) is 24.1. The van der Waals surface area contributed by atoms with Crippen LogP contribution in [0.2, 0.25) is 5.02 Å². The monoisotopic (exact) mass is 520 g/mol. The minimum Gasteiger partial charge on any atom is -0.467 e. The summed E-state index contributed by atoms with van der Waals surface area (Å²) in [6, 6.07) is 17.5. The molecule has 36 heavy (non-hydrogen) atoms. The Morgan fingerprint density at radius 1 is 1.17 bits per heavy atom. The van der Waals surface area contributed by atoms with Crippen LogP contribution in [-0.2, 0) is 18.8 Å². The Morgan fingerprint density at radius 3 is 2.75 bits per heavy atom. The van der Waals surface area contributed by atoms with Gasteiger partial charge in [-0.1, -0.05) is 41.6 Å². The largest absolute Gasteiger partial charge is 0.467 e. The lowest BCUT2D eigenvalue weighted by Crippen LogP contribution is -2.25. The van der Waals surface area contributed by atoms with Crippen molar-refractivity contribution in [3.8, 4) is 0 Å². The fraction of sp³-hybridized carbons (Fsp3) is 0.148. The van der Waals surface area contributed by atoms with Gasteiger partial charge < -0.3 is 13.9 Å². The van der Waals surface area contributed by atoms with Crippen molar-refractivity contribution in [1.82, 2.24) is 19.4 Å². The number of imidazole rings is 1. The van der Waals surface area contributed by atoms with E-state index in [1.54, 1.807) is 42.7 Å². The molecular weight excluding hydrogens is 499 g/mol. The van der Waals surface area contributed by atoms with E-state index in [0.717, 1.165) is 33.1 Å². The average Bonchev–Trinajstić information content (AvgIpc) is 3.51. The number of rotatable bonds is 8. The van der Waals surface area contributed by atoms with Gasteiger partial charge in [0.25, 0.3) is 5.91 Å². The van der Waals surface area contributed by atoms with Crippen LogP contribution in [0.25, 0.3) is 11.0 Å². The summed E-state index contributed by atoms with van der Waals surface area (Å²) in [5.74, 6) is 0.838. The van der Waals surface area contributed by atoms with Crippen LogP contribution in [-0.4, -0.2) is 32.4 Å². The second-order valence-corrected chi connectivity index (χ2v) is 9.66. The molecule has 0 aliphatic rings. The highest BCUT2D eigenvalue weighted by atomic mass is 35.5. The van der Waals surface area contributed by atoms with E-state index in [4.69, 9.17) is 21.0 Å². The molecule has 0 aliphatic carbocycles. The Morgan fingerprint density at radius 2 is 2.00 bits per heavy atom. The molecule has 9 heteroatoms. The third-order valence-electron chi connectivity index (χ3n) is 5.75. The van der Waals surface area contributed by atoms with E-state index in [2.05, 4.69) is 9.55 Å². The Balaban J connectivity index is 1.34. The molecule has 0 spiro atoms. The van der Waals surface area contributed by atoms with E-state index >= 15 is 0 Å². The molecule has 5 aromatic rings. The van der Waals surface area contributed by atoms with Gasteiger partial charge in [0, 0.05) is 29.6 Å². The number of nitrogens with zero attached hydrogens (tertiary/aromatic N) is 4. The van der Waals surface area contributed by atoms with E-state index in [0.29, 0.717) is 29.4 Å². The molecule has 0 aliphatic heterocycles. The third-order valence-corrected chi connectivity index (χ3v) is 7.13. The van der Waals surface area contributed by atoms with E-state index in [1.807, 2.05) is 36.4 Å². The number of furan rings is 1. The summed E-state index contributed by atoms with van der Waals surface area (Å²) in [7, 11) is 1.75. The Labute approximate surface area is 216 Å². The number of hydrogen-bond acceptors (Lipinski definition) is 5. The van der Waals surface area contributed by atoms with Crippen molar-refractivity contribution in [1.29, 1.82) is 0 Å². The summed E-state index contributed by atoms with van der Waals surface area (Å²) in [5, 5.41) is 1.20. The van der Waals surface area contributed by atoms with Crippen LogP contribution >= 0.6 is 23.4 Å². The van der Waals surface area contributed by atoms with Crippen LogP contribution in [0.4, 0.5) is 4.39 Å². The Bertz CT molecular complexity index is 1500. The highest BCUT2D eigenvalue weighted by molar-refractivity contribution is 7.98. The van der Waals surface area contributed by atoms with Crippen LogP contribution in [0.5, 0.6) is 0 Å².